The van der Waals surface area contributed by atoms with Gasteiger partial charge in [-0.15, -0.1) is 0 Å². The average Bonchev–Trinajstić information content (AvgIpc) is 4.03. The van der Waals surface area contributed by atoms with E-state index in [0.29, 0.717) is 42.5 Å². The second-order valence-corrected chi connectivity index (χ2v) is 17.3. The molecule has 2 heterocycles. The fraction of sp³-hybridized carbons (Fsp3) is 0.148. The third-order valence-electron chi connectivity index (χ3n) is 12.9. The summed E-state index contributed by atoms with van der Waals surface area (Å²) < 4.78 is 17.4. The summed E-state index contributed by atoms with van der Waals surface area (Å²) in [5.74, 6) is -1.87. The molecule has 0 spiro atoms. The Hall–Kier alpha value is -8.24. The van der Waals surface area contributed by atoms with Crippen molar-refractivity contribution in [3.05, 3.63) is 263 Å². The number of amides is 2. The van der Waals surface area contributed by atoms with Gasteiger partial charge in [0, 0.05) is 24.0 Å². The molecule has 8 aromatic rings. The van der Waals surface area contributed by atoms with Crippen molar-refractivity contribution in [2.24, 2.45) is 0 Å². The molecule has 8 aromatic carbocycles. The van der Waals surface area contributed by atoms with E-state index in [9.17, 15) is 24.3 Å². The van der Waals surface area contributed by atoms with Crippen LogP contribution in [0, 0.1) is 0 Å². The van der Waals surface area contributed by atoms with Crippen molar-refractivity contribution >= 4 is 35.1 Å². The third kappa shape index (κ3) is 12.2. The zero-order valence-corrected chi connectivity index (χ0v) is 41.1. The second kappa shape index (κ2) is 25.9. The van der Waals surface area contributed by atoms with Crippen LogP contribution in [0.1, 0.15) is 56.3 Å². The maximum atomic E-state index is 14.3. The zero-order valence-electron chi connectivity index (χ0n) is 41.1. The third-order valence-corrected chi connectivity index (χ3v) is 12.9. The van der Waals surface area contributed by atoms with Gasteiger partial charge < -0.3 is 30.3 Å². The van der Waals surface area contributed by atoms with E-state index in [-0.39, 0.29) is 48.0 Å². The summed E-state index contributed by atoms with van der Waals surface area (Å²) in [6, 6.07) is 67.3. The molecule has 0 saturated carbocycles. The number of hydrogen-bond donors (Lipinski definition) is 1. The Bertz CT molecular complexity index is 3020. The maximum Gasteiger partial charge on any atom is 1.00 e. The van der Waals surface area contributed by atoms with E-state index in [2.05, 4.69) is 0 Å². The number of nitrogens with zero attached hydrogens (tertiary/aromatic N) is 2. The number of esters is 1. The normalized spacial score (nSPS) is 13.9. The van der Waals surface area contributed by atoms with Crippen LogP contribution in [0.25, 0.3) is 0 Å². The first-order valence-electron chi connectivity index (χ1n) is 23.5. The minimum atomic E-state index is -1.04. The van der Waals surface area contributed by atoms with Crippen molar-refractivity contribution < 1.29 is 68.3 Å². The van der Waals surface area contributed by atoms with E-state index in [1.54, 1.807) is 11.0 Å². The minimum absolute atomic E-state index is 0. The van der Waals surface area contributed by atoms with Crippen LogP contribution in [0.15, 0.2) is 218 Å². The van der Waals surface area contributed by atoms with Crippen molar-refractivity contribution in [2.75, 3.05) is 16.9 Å². The summed E-state index contributed by atoms with van der Waals surface area (Å²) in [4.78, 5) is 56.7. The average molecular weight is 983 g/mol. The van der Waals surface area contributed by atoms with Crippen LogP contribution in [-0.4, -0.2) is 59.0 Å². The fourth-order valence-corrected chi connectivity index (χ4v) is 9.50. The van der Waals surface area contributed by atoms with Gasteiger partial charge in [0.25, 0.3) is 0 Å². The number of carboxylic acids is 1. The first-order valence-corrected chi connectivity index (χ1v) is 23.5. The molecule has 13 heteroatoms. The maximum absolute atomic E-state index is 14.3. The van der Waals surface area contributed by atoms with Crippen LogP contribution in [0.3, 0.4) is 0 Å². The number of ether oxygens (including phenoxy) is 3. The number of carbonyl (C=O) groups excluding carboxylic acids is 3. The Balaban J connectivity index is 0.000000232. The topological polar surface area (TPSA) is 184 Å². The van der Waals surface area contributed by atoms with Crippen molar-refractivity contribution in [3.63, 3.8) is 0 Å². The Morgan fingerprint density at radius 3 is 1.11 bits per heavy atom. The molecule has 0 fully saturated rings. The van der Waals surface area contributed by atoms with Gasteiger partial charge in [-0.25, -0.2) is 9.59 Å². The number of fused-ring (bicyclic) bond motifs is 2. The summed E-state index contributed by atoms with van der Waals surface area (Å²) in [6.07, 6.45) is 0.521. The predicted octanol–water partition coefficient (Wildman–Crippen LogP) is 6.97. The van der Waals surface area contributed by atoms with E-state index in [1.807, 2.05) is 212 Å². The van der Waals surface area contributed by atoms with Gasteiger partial charge in [0.2, 0.25) is 11.8 Å². The fourth-order valence-electron chi connectivity index (χ4n) is 9.50. The van der Waals surface area contributed by atoms with Crippen molar-refractivity contribution in [1.82, 2.24) is 0 Å². The van der Waals surface area contributed by atoms with Gasteiger partial charge in [0.1, 0.15) is 36.8 Å². The number of hydrogen-bond acceptors (Lipinski definition) is 8. The van der Waals surface area contributed by atoms with Gasteiger partial charge in [-0.1, -0.05) is 194 Å². The Morgan fingerprint density at radius 1 is 0.473 bits per heavy atom. The van der Waals surface area contributed by atoms with Crippen LogP contribution in [-0.2, 0) is 50.0 Å². The smallest absolute Gasteiger partial charge is 0.870 e. The first-order chi connectivity index (χ1) is 34.8. The monoisotopic (exact) mass is 982 g/mol. The van der Waals surface area contributed by atoms with E-state index in [0.717, 1.165) is 44.5 Å². The zero-order chi connectivity index (χ0) is 49.1. The van der Waals surface area contributed by atoms with Crippen LogP contribution in [0.2, 0.25) is 0 Å². The molecule has 74 heavy (non-hydrogen) atoms. The van der Waals surface area contributed by atoms with Crippen molar-refractivity contribution in [3.8, 4) is 11.5 Å². The van der Waals surface area contributed by atoms with Gasteiger partial charge in [-0.2, -0.15) is 0 Å². The molecule has 370 valence electrons. The number of benzene rings is 8. The Kier molecular flexibility index (Phi) is 19.3. The molecule has 4 N–H and O–H groups in total. The number of anilines is 2. The summed E-state index contributed by atoms with van der Waals surface area (Å²) in [6.45, 7) is 0.754. The molecule has 0 saturated heterocycles. The second-order valence-electron chi connectivity index (χ2n) is 17.3. The Morgan fingerprint density at radius 2 is 0.784 bits per heavy atom. The van der Waals surface area contributed by atoms with Crippen molar-refractivity contribution in [1.29, 1.82) is 0 Å². The number of carbonyl (C=O) groups is 4. The number of methoxy groups -OCH3 is 1. The van der Waals surface area contributed by atoms with E-state index in [1.165, 1.54) is 12.0 Å². The quantitative estimate of drug-likeness (QED) is 0.0888. The predicted molar refractivity (Wildman–Crippen MR) is 279 cm³/mol. The largest absolute Gasteiger partial charge is 1.00 e. The molecule has 2 aliphatic heterocycles. The van der Waals surface area contributed by atoms with Gasteiger partial charge in [0.05, 0.1) is 30.3 Å². The molecule has 0 bridgehead atoms. The molecule has 12 nitrogen and oxygen atoms in total. The molecule has 10 rings (SSSR count). The van der Waals surface area contributed by atoms with E-state index < -0.39 is 35.9 Å². The van der Waals surface area contributed by atoms with Crippen LogP contribution in [0.5, 0.6) is 11.5 Å². The number of aliphatic carboxylic acids is 1. The molecular weight excluding hydrogens is 928 g/mol. The molecule has 2 atom stereocenters. The summed E-state index contributed by atoms with van der Waals surface area (Å²) in [5.41, 5.74) is 8.25. The molecule has 0 aliphatic carbocycles. The summed E-state index contributed by atoms with van der Waals surface area (Å²) >= 11 is 0. The van der Waals surface area contributed by atoms with Gasteiger partial charge in [-0.3, -0.25) is 19.4 Å². The molecule has 0 radical (unpaired) electrons. The number of rotatable bonds is 14. The minimum Gasteiger partial charge on any atom is -0.870 e. The van der Waals surface area contributed by atoms with Gasteiger partial charge in [0.15, 0.2) is 0 Å². The molecule has 2 amide bonds. The molecular formula is C61H55LiN2O10. The van der Waals surface area contributed by atoms with Crippen LogP contribution in [0.4, 0.5) is 11.4 Å². The van der Waals surface area contributed by atoms with E-state index in [4.69, 9.17) is 14.2 Å². The summed E-state index contributed by atoms with van der Waals surface area (Å²) in [5, 5.41) is 10.1. The Labute approximate surface area is 442 Å². The molecule has 2 unspecified atom stereocenters. The first kappa shape index (κ1) is 55.1. The van der Waals surface area contributed by atoms with Gasteiger partial charge in [-0.05, 0) is 57.6 Å². The SMILES string of the molecule is COC(=O)C1Cc2c(OCc3ccccc3)cccc2N1C(=O)C(c1ccccc1)c1ccccc1.O.O=C(O)C1Cc2c(OCc3ccccc3)cccc2N1C(=O)C(c1ccccc1)c1ccccc1.[Li+].[OH-]. The van der Waals surface area contributed by atoms with E-state index >= 15 is 0 Å². The standard InChI is InChI=1S/C31H27NO4.C30H25NO4.Li.2H2O/c1-35-31(34)27-20-25-26(18-11-19-28(25)36-21-22-12-5-2-6-13-22)32(27)30(33)29(23-14-7-3-8-15-23)24-16-9-4-10-17-24;32-29(28(22-13-6-2-7-14-22)23-15-8-3-9-16-23)31-25-17-10-18-27(24(25)19-26(31)30(33)34)35-20-21-11-4-1-5-12-21;;;/h2-19,27,29H,20-21H2,1H3;1-18,26,28H,19-20H2,(H,33,34);;2*1H2/q;;+1;;/p-1. The molecule has 0 aromatic heterocycles. The van der Waals surface area contributed by atoms with Crippen LogP contribution >= 0.6 is 0 Å². The molecule has 2 aliphatic rings. The number of carboxylic acid groups (broad SMARTS) is 1. The van der Waals surface area contributed by atoms with Crippen molar-refractivity contribution in [2.45, 2.75) is 50.0 Å². The van der Waals surface area contributed by atoms with Crippen LogP contribution < -0.4 is 38.1 Å². The van der Waals surface area contributed by atoms with Gasteiger partial charge >= 0.3 is 30.8 Å². The summed E-state index contributed by atoms with van der Waals surface area (Å²) in [7, 11) is 1.35.